The molecular formula is C17H19NO2S. The lowest BCUT2D eigenvalue weighted by atomic mass is 10.1. The monoisotopic (exact) mass is 301 g/mol. The maximum absolute atomic E-state index is 12.5. The lowest BCUT2D eigenvalue weighted by Crippen LogP contribution is -2.14. The van der Waals surface area contributed by atoms with E-state index in [1.165, 1.54) is 0 Å². The summed E-state index contributed by atoms with van der Waals surface area (Å²) >= 11 is 1.62. The summed E-state index contributed by atoms with van der Waals surface area (Å²) in [7, 11) is 1.58. The molecule has 0 heterocycles. The van der Waals surface area contributed by atoms with Crippen LogP contribution in [0, 0.1) is 13.8 Å². The molecule has 0 aromatic heterocycles. The van der Waals surface area contributed by atoms with E-state index in [2.05, 4.69) is 5.32 Å². The number of anilines is 1. The van der Waals surface area contributed by atoms with Crippen molar-refractivity contribution in [3.63, 3.8) is 0 Å². The smallest absolute Gasteiger partial charge is 0.259 e. The van der Waals surface area contributed by atoms with Gasteiger partial charge in [-0.05, 0) is 55.5 Å². The molecule has 0 fully saturated rings. The third kappa shape index (κ3) is 3.39. The van der Waals surface area contributed by atoms with E-state index < -0.39 is 0 Å². The molecule has 0 aliphatic rings. The highest BCUT2D eigenvalue weighted by Crippen LogP contribution is 2.27. The predicted molar refractivity (Wildman–Crippen MR) is 88.6 cm³/mol. The summed E-state index contributed by atoms with van der Waals surface area (Å²) in [6.45, 7) is 4.03. The highest BCUT2D eigenvalue weighted by Gasteiger charge is 2.14. The van der Waals surface area contributed by atoms with E-state index in [0.29, 0.717) is 11.3 Å². The molecule has 21 heavy (non-hydrogen) atoms. The molecule has 1 amide bonds. The molecule has 0 aliphatic carbocycles. The predicted octanol–water partition coefficient (Wildman–Crippen LogP) is 4.29. The Morgan fingerprint density at radius 1 is 1.19 bits per heavy atom. The van der Waals surface area contributed by atoms with E-state index in [1.54, 1.807) is 24.9 Å². The SMILES string of the molecule is COc1cc(SC)ccc1C(=O)Nc1cccc(C)c1C. The van der Waals surface area contributed by atoms with E-state index in [0.717, 1.165) is 21.7 Å². The number of carbonyl (C=O) groups excluding carboxylic acids is 1. The average Bonchev–Trinajstić information content (AvgIpc) is 2.51. The van der Waals surface area contributed by atoms with Crippen molar-refractivity contribution < 1.29 is 9.53 Å². The Bertz CT molecular complexity index is 668. The van der Waals surface area contributed by atoms with Gasteiger partial charge in [0.25, 0.3) is 5.91 Å². The minimum absolute atomic E-state index is 0.159. The maximum Gasteiger partial charge on any atom is 0.259 e. The van der Waals surface area contributed by atoms with Gasteiger partial charge in [-0.15, -0.1) is 11.8 Å². The summed E-state index contributed by atoms with van der Waals surface area (Å²) in [4.78, 5) is 13.5. The zero-order valence-electron chi connectivity index (χ0n) is 12.7. The van der Waals surface area contributed by atoms with Crippen LogP contribution in [0.1, 0.15) is 21.5 Å². The third-order valence-corrected chi connectivity index (χ3v) is 4.23. The van der Waals surface area contributed by atoms with Crippen molar-refractivity contribution >= 4 is 23.4 Å². The standard InChI is InChI=1S/C17H19NO2S/c1-11-6-5-7-15(12(11)2)18-17(19)14-9-8-13(21-4)10-16(14)20-3/h5-10H,1-4H3,(H,18,19). The van der Waals surface area contributed by atoms with Crippen molar-refractivity contribution in [2.45, 2.75) is 18.7 Å². The molecule has 0 radical (unpaired) electrons. The largest absolute Gasteiger partial charge is 0.496 e. The molecule has 0 atom stereocenters. The zero-order valence-corrected chi connectivity index (χ0v) is 13.5. The number of hydrogen-bond acceptors (Lipinski definition) is 3. The van der Waals surface area contributed by atoms with Gasteiger partial charge in [0.05, 0.1) is 12.7 Å². The van der Waals surface area contributed by atoms with Crippen LogP contribution in [0.25, 0.3) is 0 Å². The fourth-order valence-corrected chi connectivity index (χ4v) is 2.49. The van der Waals surface area contributed by atoms with E-state index in [4.69, 9.17) is 4.74 Å². The Labute approximate surface area is 129 Å². The van der Waals surface area contributed by atoms with Crippen molar-refractivity contribution in [2.75, 3.05) is 18.7 Å². The molecule has 0 saturated carbocycles. The normalized spacial score (nSPS) is 10.3. The Kier molecular flexibility index (Phi) is 4.91. The number of thioether (sulfide) groups is 1. The second kappa shape index (κ2) is 6.68. The highest BCUT2D eigenvalue weighted by atomic mass is 32.2. The number of amides is 1. The number of benzene rings is 2. The van der Waals surface area contributed by atoms with Crippen LogP contribution < -0.4 is 10.1 Å². The van der Waals surface area contributed by atoms with Crippen molar-refractivity contribution in [2.24, 2.45) is 0 Å². The van der Waals surface area contributed by atoms with Gasteiger partial charge in [0, 0.05) is 10.6 Å². The number of rotatable bonds is 4. The summed E-state index contributed by atoms with van der Waals surface area (Å²) in [5.74, 6) is 0.429. The maximum atomic E-state index is 12.5. The lowest BCUT2D eigenvalue weighted by molar-refractivity contribution is 0.102. The van der Waals surface area contributed by atoms with Gasteiger partial charge in [0.15, 0.2) is 0 Å². The highest BCUT2D eigenvalue weighted by molar-refractivity contribution is 7.98. The number of methoxy groups -OCH3 is 1. The summed E-state index contributed by atoms with van der Waals surface area (Å²) < 4.78 is 5.33. The number of hydrogen-bond donors (Lipinski definition) is 1. The topological polar surface area (TPSA) is 38.3 Å². The third-order valence-electron chi connectivity index (χ3n) is 3.51. The molecule has 2 aromatic rings. The Morgan fingerprint density at radius 2 is 1.95 bits per heavy atom. The summed E-state index contributed by atoms with van der Waals surface area (Å²) in [6, 6.07) is 11.5. The fraction of sp³-hybridized carbons (Fsp3) is 0.235. The van der Waals surface area contributed by atoms with Crippen LogP contribution in [0.5, 0.6) is 5.75 Å². The van der Waals surface area contributed by atoms with Crippen LogP contribution in [0.3, 0.4) is 0 Å². The zero-order chi connectivity index (χ0) is 15.4. The van der Waals surface area contributed by atoms with Crippen LogP contribution >= 0.6 is 11.8 Å². The van der Waals surface area contributed by atoms with Gasteiger partial charge in [-0.1, -0.05) is 12.1 Å². The first-order chi connectivity index (χ1) is 10.1. The minimum Gasteiger partial charge on any atom is -0.496 e. The van der Waals surface area contributed by atoms with Crippen LogP contribution in [-0.2, 0) is 0 Å². The second-order valence-electron chi connectivity index (χ2n) is 4.77. The second-order valence-corrected chi connectivity index (χ2v) is 5.65. The van der Waals surface area contributed by atoms with Gasteiger partial charge in [-0.2, -0.15) is 0 Å². The molecular weight excluding hydrogens is 282 g/mol. The number of nitrogens with one attached hydrogen (secondary N) is 1. The van der Waals surface area contributed by atoms with E-state index in [9.17, 15) is 4.79 Å². The first-order valence-corrected chi connectivity index (χ1v) is 7.89. The van der Waals surface area contributed by atoms with E-state index in [-0.39, 0.29) is 5.91 Å². The molecule has 2 rings (SSSR count). The van der Waals surface area contributed by atoms with Crippen molar-refractivity contribution in [1.29, 1.82) is 0 Å². The van der Waals surface area contributed by atoms with Gasteiger partial charge in [0.1, 0.15) is 5.75 Å². The lowest BCUT2D eigenvalue weighted by Gasteiger charge is -2.13. The van der Waals surface area contributed by atoms with Gasteiger partial charge < -0.3 is 10.1 Å². The molecule has 0 spiro atoms. The molecule has 3 nitrogen and oxygen atoms in total. The first kappa shape index (κ1) is 15.4. The van der Waals surface area contributed by atoms with Crippen LogP contribution in [0.4, 0.5) is 5.69 Å². The molecule has 0 aliphatic heterocycles. The molecule has 110 valence electrons. The fourth-order valence-electron chi connectivity index (χ4n) is 2.06. The quantitative estimate of drug-likeness (QED) is 0.856. The van der Waals surface area contributed by atoms with Gasteiger partial charge >= 0.3 is 0 Å². The summed E-state index contributed by atoms with van der Waals surface area (Å²) in [5.41, 5.74) is 3.59. The van der Waals surface area contributed by atoms with E-state index >= 15 is 0 Å². The van der Waals surface area contributed by atoms with E-state index in [1.807, 2.05) is 50.4 Å². The first-order valence-electron chi connectivity index (χ1n) is 6.66. The molecule has 4 heteroatoms. The van der Waals surface area contributed by atoms with Gasteiger partial charge in [-0.3, -0.25) is 4.79 Å². The van der Waals surface area contributed by atoms with Crippen molar-refractivity contribution in [1.82, 2.24) is 0 Å². The number of ether oxygens (including phenoxy) is 1. The molecule has 0 saturated heterocycles. The summed E-state index contributed by atoms with van der Waals surface area (Å²) in [6.07, 6.45) is 1.99. The Morgan fingerprint density at radius 3 is 2.62 bits per heavy atom. The Hall–Kier alpha value is -1.94. The number of aryl methyl sites for hydroxylation is 1. The van der Waals surface area contributed by atoms with Gasteiger partial charge in [0.2, 0.25) is 0 Å². The summed E-state index contributed by atoms with van der Waals surface area (Å²) in [5, 5.41) is 2.95. The van der Waals surface area contributed by atoms with Crippen LogP contribution in [-0.4, -0.2) is 19.3 Å². The van der Waals surface area contributed by atoms with Gasteiger partial charge in [-0.25, -0.2) is 0 Å². The Balaban J connectivity index is 2.30. The van der Waals surface area contributed by atoms with Crippen LogP contribution in [0.15, 0.2) is 41.3 Å². The molecule has 1 N–H and O–H groups in total. The van der Waals surface area contributed by atoms with Crippen LogP contribution in [0.2, 0.25) is 0 Å². The molecule has 2 aromatic carbocycles. The van der Waals surface area contributed by atoms with Crippen molar-refractivity contribution in [3.8, 4) is 5.75 Å². The molecule has 0 unspecified atom stereocenters. The number of carbonyl (C=O) groups is 1. The average molecular weight is 301 g/mol. The van der Waals surface area contributed by atoms with Crippen molar-refractivity contribution in [3.05, 3.63) is 53.1 Å². The molecule has 0 bridgehead atoms. The minimum atomic E-state index is -0.159.